The van der Waals surface area contributed by atoms with Crippen molar-refractivity contribution in [1.82, 2.24) is 10.2 Å². The zero-order valence-electron chi connectivity index (χ0n) is 7.63. The summed E-state index contributed by atoms with van der Waals surface area (Å²) in [5.74, 6) is 0. The average molecular weight is 160 g/mol. The van der Waals surface area contributed by atoms with Crippen molar-refractivity contribution in [3.05, 3.63) is 0 Å². The number of likely N-dealkylation sites (tertiary alicyclic amines) is 1. The van der Waals surface area contributed by atoms with Crippen LogP contribution in [0.2, 0.25) is 0 Å². The van der Waals surface area contributed by atoms with Gasteiger partial charge in [0.25, 0.3) is 0 Å². The van der Waals surface area contributed by atoms with Crippen molar-refractivity contribution < 1.29 is 6.22 Å². The standard InChI is InChI=1S/C6H12N2O.C2H6.H2/c1-8-3-2-6(4-8)7-5-9;1-2;/h5-6H,2-4H2,1H3,(H,7,9);1-2H3;1H/t6-;;/m0../s1. The van der Waals surface area contributed by atoms with E-state index >= 15 is 0 Å². The van der Waals surface area contributed by atoms with E-state index in [1.165, 1.54) is 0 Å². The van der Waals surface area contributed by atoms with Crippen molar-refractivity contribution in [3.63, 3.8) is 0 Å². The van der Waals surface area contributed by atoms with Gasteiger partial charge >= 0.3 is 0 Å². The highest BCUT2D eigenvalue weighted by molar-refractivity contribution is 5.46. The maximum Gasteiger partial charge on any atom is 0.207 e. The van der Waals surface area contributed by atoms with Crippen LogP contribution in [-0.2, 0) is 4.79 Å². The molecule has 1 rings (SSSR count). The average Bonchev–Trinajstić information content (AvgIpc) is 2.41. The third-order valence-corrected chi connectivity index (χ3v) is 1.70. The number of nitrogens with one attached hydrogen (secondary N) is 1. The third-order valence-electron chi connectivity index (χ3n) is 1.70. The van der Waals surface area contributed by atoms with Gasteiger partial charge in [-0.2, -0.15) is 0 Å². The van der Waals surface area contributed by atoms with Crippen molar-refractivity contribution >= 4 is 6.41 Å². The Morgan fingerprint density at radius 1 is 1.64 bits per heavy atom. The maximum absolute atomic E-state index is 9.94. The van der Waals surface area contributed by atoms with Crippen molar-refractivity contribution in [2.75, 3.05) is 20.1 Å². The van der Waals surface area contributed by atoms with E-state index in [1.54, 1.807) is 0 Å². The summed E-state index contributed by atoms with van der Waals surface area (Å²) in [6.07, 6.45) is 1.87. The lowest BCUT2D eigenvalue weighted by Gasteiger charge is -2.07. The maximum atomic E-state index is 9.94. The molecular weight excluding hydrogens is 140 g/mol. The molecule has 0 aromatic carbocycles. The lowest BCUT2D eigenvalue weighted by molar-refractivity contribution is -0.110. The molecule has 3 nitrogen and oxygen atoms in total. The van der Waals surface area contributed by atoms with E-state index in [0.29, 0.717) is 6.04 Å². The molecule has 0 aromatic rings. The number of carbonyl (C=O) groups is 1. The first-order valence-electron chi connectivity index (χ1n) is 4.21. The van der Waals surface area contributed by atoms with Gasteiger partial charge in [0.15, 0.2) is 0 Å². The van der Waals surface area contributed by atoms with E-state index in [-0.39, 0.29) is 1.43 Å². The fourth-order valence-corrected chi connectivity index (χ4v) is 1.17. The number of nitrogens with zero attached hydrogens (tertiary/aromatic N) is 1. The van der Waals surface area contributed by atoms with Crippen molar-refractivity contribution in [3.8, 4) is 0 Å². The highest BCUT2D eigenvalue weighted by Gasteiger charge is 2.17. The molecule has 0 saturated carbocycles. The summed E-state index contributed by atoms with van der Waals surface area (Å²) in [5.41, 5.74) is 0. The van der Waals surface area contributed by atoms with Gasteiger partial charge < -0.3 is 10.2 Å². The summed E-state index contributed by atoms with van der Waals surface area (Å²) in [7, 11) is 2.06. The monoisotopic (exact) mass is 160 g/mol. The van der Waals surface area contributed by atoms with Crippen LogP contribution in [0.25, 0.3) is 0 Å². The summed E-state index contributed by atoms with van der Waals surface area (Å²) >= 11 is 0. The Morgan fingerprint density at radius 2 is 2.27 bits per heavy atom. The molecular formula is C8H20N2O. The summed E-state index contributed by atoms with van der Waals surface area (Å²) in [5, 5.41) is 2.75. The number of amides is 1. The van der Waals surface area contributed by atoms with Crippen LogP contribution in [0.15, 0.2) is 0 Å². The molecule has 0 unspecified atom stereocenters. The summed E-state index contributed by atoms with van der Waals surface area (Å²) < 4.78 is 0. The van der Waals surface area contributed by atoms with Crippen LogP contribution in [0.3, 0.4) is 0 Å². The first-order chi connectivity index (χ1) is 5.33. The Balaban J connectivity index is 0. The second-order valence-electron chi connectivity index (χ2n) is 2.53. The molecule has 1 aliphatic rings. The number of rotatable bonds is 2. The molecule has 68 valence electrons. The Bertz CT molecular complexity index is 111. The second-order valence-corrected chi connectivity index (χ2v) is 2.53. The molecule has 0 aliphatic carbocycles. The van der Waals surface area contributed by atoms with E-state index in [1.807, 2.05) is 13.8 Å². The zero-order valence-corrected chi connectivity index (χ0v) is 7.63. The van der Waals surface area contributed by atoms with Gasteiger partial charge in [0, 0.05) is 14.0 Å². The van der Waals surface area contributed by atoms with Gasteiger partial charge in [-0.05, 0) is 20.0 Å². The topological polar surface area (TPSA) is 32.3 Å². The van der Waals surface area contributed by atoms with Gasteiger partial charge in [0.05, 0.1) is 0 Å². The number of carbonyl (C=O) groups excluding carboxylic acids is 1. The molecule has 0 aromatic heterocycles. The lowest BCUT2D eigenvalue weighted by Crippen LogP contribution is -2.29. The zero-order chi connectivity index (χ0) is 8.69. The molecule has 1 heterocycles. The van der Waals surface area contributed by atoms with Gasteiger partial charge in [-0.25, -0.2) is 0 Å². The SMILES string of the molecule is CC.CN1CC[C@H](NC=O)C1.[HH]. The molecule has 0 bridgehead atoms. The number of likely N-dealkylation sites (N-methyl/N-ethyl adjacent to an activating group) is 1. The summed E-state index contributed by atoms with van der Waals surface area (Å²) in [6, 6.07) is 0.396. The molecule has 11 heavy (non-hydrogen) atoms. The van der Waals surface area contributed by atoms with Gasteiger partial charge in [0.2, 0.25) is 6.41 Å². The highest BCUT2D eigenvalue weighted by Crippen LogP contribution is 2.04. The smallest absolute Gasteiger partial charge is 0.207 e. The predicted molar refractivity (Wildman–Crippen MR) is 48.6 cm³/mol. The fourth-order valence-electron chi connectivity index (χ4n) is 1.17. The molecule has 3 heteroatoms. The first-order valence-corrected chi connectivity index (χ1v) is 4.21. The molecule has 1 aliphatic heterocycles. The molecule has 1 amide bonds. The van der Waals surface area contributed by atoms with Crippen LogP contribution in [0.1, 0.15) is 21.7 Å². The second kappa shape index (κ2) is 6.16. The van der Waals surface area contributed by atoms with Gasteiger partial charge in [-0.1, -0.05) is 13.8 Å². The van der Waals surface area contributed by atoms with Crippen LogP contribution < -0.4 is 5.32 Å². The minimum Gasteiger partial charge on any atom is -0.355 e. The number of hydrogen-bond donors (Lipinski definition) is 1. The molecule has 1 N–H and O–H groups in total. The Kier molecular flexibility index (Phi) is 5.84. The van der Waals surface area contributed by atoms with Gasteiger partial charge in [-0.15, -0.1) is 0 Å². The summed E-state index contributed by atoms with van der Waals surface area (Å²) in [6.45, 7) is 6.10. The predicted octanol–water partition coefficient (Wildman–Crippen LogP) is 0.709. The molecule has 0 radical (unpaired) electrons. The van der Waals surface area contributed by atoms with Crippen LogP contribution in [0.4, 0.5) is 0 Å². The quantitative estimate of drug-likeness (QED) is 0.603. The van der Waals surface area contributed by atoms with E-state index < -0.39 is 0 Å². The van der Waals surface area contributed by atoms with E-state index in [4.69, 9.17) is 0 Å². The third kappa shape index (κ3) is 3.98. The fraction of sp³-hybridized carbons (Fsp3) is 0.875. The van der Waals surface area contributed by atoms with Crippen LogP contribution in [-0.4, -0.2) is 37.5 Å². The van der Waals surface area contributed by atoms with Crippen LogP contribution in [0, 0.1) is 0 Å². The minimum atomic E-state index is 0. The Labute approximate surface area is 70.2 Å². The molecule has 0 spiro atoms. The Hall–Kier alpha value is -0.570. The minimum absolute atomic E-state index is 0. The summed E-state index contributed by atoms with van der Waals surface area (Å²) in [4.78, 5) is 12.1. The van der Waals surface area contributed by atoms with Gasteiger partial charge in [-0.3, -0.25) is 4.79 Å². The lowest BCUT2D eigenvalue weighted by atomic mass is 10.3. The number of hydrogen-bond acceptors (Lipinski definition) is 2. The van der Waals surface area contributed by atoms with E-state index in [9.17, 15) is 4.79 Å². The van der Waals surface area contributed by atoms with E-state index in [2.05, 4.69) is 17.3 Å². The normalized spacial score (nSPS) is 23.7. The largest absolute Gasteiger partial charge is 0.355 e. The van der Waals surface area contributed by atoms with E-state index in [0.717, 1.165) is 25.9 Å². The van der Waals surface area contributed by atoms with Crippen LogP contribution >= 0.6 is 0 Å². The molecule has 1 atom stereocenters. The molecule has 1 saturated heterocycles. The highest BCUT2D eigenvalue weighted by atomic mass is 16.1. The van der Waals surface area contributed by atoms with Gasteiger partial charge in [0.1, 0.15) is 0 Å². The van der Waals surface area contributed by atoms with Crippen LogP contribution in [0.5, 0.6) is 0 Å². The Morgan fingerprint density at radius 3 is 2.64 bits per heavy atom. The first kappa shape index (κ1) is 10.4. The van der Waals surface area contributed by atoms with Crippen molar-refractivity contribution in [2.45, 2.75) is 26.3 Å². The van der Waals surface area contributed by atoms with Crippen molar-refractivity contribution in [1.29, 1.82) is 0 Å². The van der Waals surface area contributed by atoms with Crippen molar-refractivity contribution in [2.24, 2.45) is 0 Å². The molecule has 1 fully saturated rings.